The van der Waals surface area contributed by atoms with E-state index >= 15 is 0 Å². The first kappa shape index (κ1) is 13.2. The summed E-state index contributed by atoms with van der Waals surface area (Å²) in [5, 5.41) is 8.27. The lowest BCUT2D eigenvalue weighted by Gasteiger charge is -2.21. The van der Waals surface area contributed by atoms with Crippen molar-refractivity contribution in [2.75, 3.05) is 6.54 Å². The van der Waals surface area contributed by atoms with E-state index in [0.29, 0.717) is 6.04 Å². The van der Waals surface area contributed by atoms with Gasteiger partial charge in [-0.15, -0.1) is 0 Å². The summed E-state index contributed by atoms with van der Waals surface area (Å²) in [5.41, 5.74) is 1.18. The van der Waals surface area contributed by atoms with Crippen LogP contribution in [0.4, 0.5) is 0 Å². The van der Waals surface area contributed by atoms with Crippen molar-refractivity contribution in [2.45, 2.75) is 58.5 Å². The molecule has 1 aromatic rings. The molecule has 0 saturated heterocycles. The Bertz CT molecular complexity index is 412. The molecule has 2 saturated carbocycles. The summed E-state index contributed by atoms with van der Waals surface area (Å²) in [6.45, 7) is 6.55. The number of nitrogens with one attached hydrogen (secondary N) is 1. The molecule has 1 N–H and O–H groups in total. The van der Waals surface area contributed by atoms with Crippen molar-refractivity contribution in [3.05, 3.63) is 18.0 Å². The second kappa shape index (κ2) is 5.66. The monoisotopic (exact) mass is 261 g/mol. The van der Waals surface area contributed by atoms with Crippen LogP contribution in [-0.2, 0) is 6.54 Å². The largest absolute Gasteiger partial charge is 0.311 e. The maximum Gasteiger partial charge on any atom is 0.0762 e. The minimum absolute atomic E-state index is 0.513. The minimum atomic E-state index is 0.513. The highest BCUT2D eigenvalue weighted by Gasteiger charge is 2.38. The van der Waals surface area contributed by atoms with Gasteiger partial charge in [-0.05, 0) is 63.0 Å². The first-order chi connectivity index (χ1) is 9.26. The zero-order valence-electron chi connectivity index (χ0n) is 12.3. The zero-order chi connectivity index (χ0) is 13.2. The smallest absolute Gasteiger partial charge is 0.0762 e. The third kappa shape index (κ3) is 2.86. The number of nitrogens with zero attached hydrogens (tertiary/aromatic N) is 2. The van der Waals surface area contributed by atoms with Crippen LogP contribution in [0.1, 0.15) is 57.7 Å². The van der Waals surface area contributed by atoms with Crippen molar-refractivity contribution in [1.29, 1.82) is 0 Å². The summed E-state index contributed by atoms with van der Waals surface area (Å²) in [4.78, 5) is 0. The summed E-state index contributed by atoms with van der Waals surface area (Å²) in [6, 6.07) is 2.67. The fraction of sp³-hybridized carbons (Fsp3) is 0.812. The molecule has 4 unspecified atom stereocenters. The average molecular weight is 261 g/mol. The molecule has 2 aliphatic rings. The fourth-order valence-corrected chi connectivity index (χ4v) is 3.92. The molecule has 1 heterocycles. The molecule has 3 nitrogen and oxygen atoms in total. The average Bonchev–Trinajstić information content (AvgIpc) is 3.13. The lowest BCUT2D eigenvalue weighted by molar-refractivity contribution is 0.318. The molecule has 1 aromatic heterocycles. The van der Waals surface area contributed by atoms with Crippen LogP contribution in [0, 0.1) is 17.8 Å². The summed E-state index contributed by atoms with van der Waals surface area (Å²) >= 11 is 0. The predicted molar refractivity (Wildman–Crippen MR) is 77.9 cm³/mol. The van der Waals surface area contributed by atoms with Gasteiger partial charge >= 0.3 is 0 Å². The van der Waals surface area contributed by atoms with Gasteiger partial charge in [0.2, 0.25) is 0 Å². The van der Waals surface area contributed by atoms with Crippen LogP contribution in [-0.4, -0.2) is 16.3 Å². The second-order valence-electron chi connectivity index (χ2n) is 6.61. The van der Waals surface area contributed by atoms with Crippen LogP contribution in [0.25, 0.3) is 0 Å². The molecule has 4 atom stereocenters. The molecule has 19 heavy (non-hydrogen) atoms. The molecule has 2 fully saturated rings. The minimum Gasteiger partial charge on any atom is -0.311 e. The Balaban J connectivity index is 1.43. The second-order valence-corrected chi connectivity index (χ2v) is 6.61. The van der Waals surface area contributed by atoms with Gasteiger partial charge in [-0.2, -0.15) is 5.10 Å². The Morgan fingerprint density at radius 1 is 1.42 bits per heavy atom. The molecule has 0 aromatic carbocycles. The summed E-state index contributed by atoms with van der Waals surface area (Å²) in [6.07, 6.45) is 9.22. The van der Waals surface area contributed by atoms with E-state index in [9.17, 15) is 0 Å². The molecule has 2 aliphatic carbocycles. The first-order valence-corrected chi connectivity index (χ1v) is 8.01. The quantitative estimate of drug-likeness (QED) is 0.850. The summed E-state index contributed by atoms with van der Waals surface area (Å²) < 4.78 is 2.09. The maximum atomic E-state index is 4.65. The first-order valence-electron chi connectivity index (χ1n) is 8.01. The molecule has 0 radical (unpaired) electrons. The highest BCUT2D eigenvalue weighted by atomic mass is 15.3. The van der Waals surface area contributed by atoms with E-state index in [1.165, 1.54) is 37.9 Å². The topological polar surface area (TPSA) is 29.9 Å². The van der Waals surface area contributed by atoms with E-state index in [0.717, 1.165) is 30.7 Å². The van der Waals surface area contributed by atoms with Gasteiger partial charge in [0.15, 0.2) is 0 Å². The Kier molecular flexibility index (Phi) is 3.92. The van der Waals surface area contributed by atoms with Crippen molar-refractivity contribution < 1.29 is 0 Å². The Labute approximate surface area is 116 Å². The van der Waals surface area contributed by atoms with E-state index in [-0.39, 0.29) is 0 Å². The highest BCUT2D eigenvalue weighted by molar-refractivity contribution is 4.99. The SMILES string of the molecule is CCC(C)n1ccc(CNCC2CC3CCC2C3)n1. The Hall–Kier alpha value is -0.830. The number of hydrogen-bond donors (Lipinski definition) is 1. The van der Waals surface area contributed by atoms with E-state index in [1.807, 2.05) is 0 Å². The Morgan fingerprint density at radius 3 is 3.00 bits per heavy atom. The van der Waals surface area contributed by atoms with E-state index in [4.69, 9.17) is 0 Å². The van der Waals surface area contributed by atoms with Gasteiger partial charge in [0.1, 0.15) is 0 Å². The van der Waals surface area contributed by atoms with Crippen molar-refractivity contribution >= 4 is 0 Å². The standard InChI is InChI=1S/C16H27N3/c1-3-12(2)19-7-6-16(18-19)11-17-10-15-9-13-4-5-14(15)8-13/h6-7,12-15,17H,3-5,8-11H2,1-2H3. The molecule has 3 rings (SSSR count). The van der Waals surface area contributed by atoms with Crippen LogP contribution >= 0.6 is 0 Å². The molecule has 106 valence electrons. The molecule has 3 heteroatoms. The molecule has 0 aliphatic heterocycles. The van der Waals surface area contributed by atoms with E-state index in [1.54, 1.807) is 0 Å². The van der Waals surface area contributed by atoms with Gasteiger partial charge in [-0.1, -0.05) is 13.3 Å². The third-order valence-corrected chi connectivity index (χ3v) is 5.30. The molecular formula is C16H27N3. The normalized spacial score (nSPS) is 30.9. The van der Waals surface area contributed by atoms with Gasteiger partial charge in [-0.3, -0.25) is 4.68 Å². The summed E-state index contributed by atoms with van der Waals surface area (Å²) in [5.74, 6) is 3.02. The van der Waals surface area contributed by atoms with Gasteiger partial charge in [-0.25, -0.2) is 0 Å². The van der Waals surface area contributed by atoms with Crippen LogP contribution in [0.15, 0.2) is 12.3 Å². The van der Waals surface area contributed by atoms with Gasteiger partial charge in [0.05, 0.1) is 5.69 Å². The third-order valence-electron chi connectivity index (χ3n) is 5.30. The van der Waals surface area contributed by atoms with Gasteiger partial charge in [0, 0.05) is 18.8 Å². The van der Waals surface area contributed by atoms with Gasteiger partial charge < -0.3 is 5.32 Å². The molecule has 2 bridgehead atoms. The number of fused-ring (bicyclic) bond motifs is 2. The lowest BCUT2D eigenvalue weighted by atomic mass is 9.89. The van der Waals surface area contributed by atoms with Crippen LogP contribution in [0.3, 0.4) is 0 Å². The van der Waals surface area contributed by atoms with Crippen molar-refractivity contribution in [1.82, 2.24) is 15.1 Å². The van der Waals surface area contributed by atoms with Gasteiger partial charge in [0.25, 0.3) is 0 Å². The van der Waals surface area contributed by atoms with E-state index in [2.05, 4.69) is 41.2 Å². The van der Waals surface area contributed by atoms with Crippen LogP contribution in [0.2, 0.25) is 0 Å². The van der Waals surface area contributed by atoms with Crippen molar-refractivity contribution in [2.24, 2.45) is 17.8 Å². The molecular weight excluding hydrogens is 234 g/mol. The van der Waals surface area contributed by atoms with E-state index < -0.39 is 0 Å². The predicted octanol–water partition coefficient (Wildman–Crippen LogP) is 3.38. The highest BCUT2D eigenvalue weighted by Crippen LogP contribution is 2.47. The number of hydrogen-bond acceptors (Lipinski definition) is 2. The Morgan fingerprint density at radius 2 is 2.32 bits per heavy atom. The van der Waals surface area contributed by atoms with Crippen LogP contribution < -0.4 is 5.32 Å². The fourth-order valence-electron chi connectivity index (χ4n) is 3.92. The zero-order valence-corrected chi connectivity index (χ0v) is 12.3. The lowest BCUT2D eigenvalue weighted by Crippen LogP contribution is -2.26. The number of aromatic nitrogens is 2. The maximum absolute atomic E-state index is 4.65. The van der Waals surface area contributed by atoms with Crippen molar-refractivity contribution in [3.8, 4) is 0 Å². The number of rotatable bonds is 6. The van der Waals surface area contributed by atoms with Crippen LogP contribution in [0.5, 0.6) is 0 Å². The molecule has 0 amide bonds. The molecule has 0 spiro atoms. The van der Waals surface area contributed by atoms with Crippen molar-refractivity contribution in [3.63, 3.8) is 0 Å². The summed E-state index contributed by atoms with van der Waals surface area (Å²) in [7, 11) is 0.